The number of rotatable bonds is 10. The molecule has 0 radical (unpaired) electrons. The van der Waals surface area contributed by atoms with Crippen molar-refractivity contribution >= 4 is 12.1 Å². The van der Waals surface area contributed by atoms with Crippen molar-refractivity contribution in [1.82, 2.24) is 4.90 Å². The molecule has 3 fully saturated rings. The maximum atomic E-state index is 13.7. The van der Waals surface area contributed by atoms with E-state index in [1.54, 1.807) is 6.92 Å². The van der Waals surface area contributed by atoms with E-state index < -0.39 is 17.8 Å². The number of epoxide rings is 1. The Morgan fingerprint density at radius 3 is 2.55 bits per heavy atom. The molecule has 0 spiro atoms. The van der Waals surface area contributed by atoms with Crippen LogP contribution in [-0.4, -0.2) is 107 Å². The zero-order valence-corrected chi connectivity index (χ0v) is 33.1. The lowest BCUT2D eigenvalue weighted by Gasteiger charge is -2.42. The molecule has 2 N–H and O–H groups in total. The average molecular weight is 716 g/mol. The number of cyclic esters (lactones) is 1. The lowest BCUT2D eigenvalue weighted by molar-refractivity contribution is -0.932. The zero-order chi connectivity index (χ0) is 37.3. The molecule has 51 heavy (non-hydrogen) atoms. The first kappa shape index (κ1) is 41.6. The van der Waals surface area contributed by atoms with E-state index in [0.717, 1.165) is 42.4 Å². The van der Waals surface area contributed by atoms with Gasteiger partial charge in [-0.05, 0) is 88.7 Å². The summed E-state index contributed by atoms with van der Waals surface area (Å²) in [6.07, 6.45) is 18.5. The molecule has 0 aromatic heterocycles. The number of likely N-dealkylation sites (N-methyl/N-ethyl adjacent to an activating group) is 1. The Morgan fingerprint density at radius 1 is 1.12 bits per heavy atom. The van der Waals surface area contributed by atoms with E-state index in [9.17, 15) is 19.8 Å². The first-order valence-electron chi connectivity index (χ1n) is 20.2. The first-order chi connectivity index (χ1) is 24.1. The molecule has 3 aliphatic heterocycles. The van der Waals surface area contributed by atoms with Crippen LogP contribution in [0.5, 0.6) is 0 Å². The second kappa shape index (κ2) is 18.7. The third kappa shape index (κ3) is 11.9. The van der Waals surface area contributed by atoms with Gasteiger partial charge in [0.1, 0.15) is 11.7 Å². The van der Waals surface area contributed by atoms with E-state index in [0.29, 0.717) is 32.0 Å². The Morgan fingerprint density at radius 2 is 1.84 bits per heavy atom. The second-order valence-corrected chi connectivity index (χ2v) is 17.2. The van der Waals surface area contributed by atoms with Crippen LogP contribution in [0.1, 0.15) is 119 Å². The molecule has 0 bridgehead atoms. The van der Waals surface area contributed by atoms with Crippen LogP contribution < -0.4 is 0 Å². The van der Waals surface area contributed by atoms with Crippen molar-refractivity contribution in [2.45, 2.75) is 161 Å². The van der Waals surface area contributed by atoms with Gasteiger partial charge in [-0.15, -0.1) is 0 Å². The zero-order valence-electron chi connectivity index (χ0n) is 33.1. The van der Waals surface area contributed by atoms with Crippen molar-refractivity contribution in [1.29, 1.82) is 0 Å². The molecular weight excluding hydrogens is 644 g/mol. The summed E-state index contributed by atoms with van der Waals surface area (Å²) >= 11 is 0. The molecular formula is C42H71N2O7+. The van der Waals surface area contributed by atoms with E-state index in [-0.39, 0.29) is 60.5 Å². The number of amides is 1. The minimum atomic E-state index is -1.29. The molecule has 0 aromatic rings. The van der Waals surface area contributed by atoms with Crippen molar-refractivity contribution in [3.05, 3.63) is 36.0 Å². The van der Waals surface area contributed by atoms with Gasteiger partial charge < -0.3 is 33.8 Å². The summed E-state index contributed by atoms with van der Waals surface area (Å²) in [5, 5.41) is 21.9. The Kier molecular flexibility index (Phi) is 15.2. The van der Waals surface area contributed by atoms with Crippen LogP contribution in [0.25, 0.3) is 0 Å². The van der Waals surface area contributed by atoms with E-state index in [2.05, 4.69) is 27.0 Å². The number of nitrogens with zero attached hydrogens (tertiary/aromatic N) is 2. The molecule has 1 unspecified atom stereocenters. The van der Waals surface area contributed by atoms with E-state index in [1.807, 2.05) is 56.9 Å². The number of carbonyl (C=O) groups excluding carboxylic acids is 2. The standard InChI is InChI=1S/C42H71N2O7/c1-9-35(45)33(6)40-36(49-40)27-29(2)15-13-16-31(4)39-32(5)19-20-37(42(7,48)22-21-30(3)28-38(46)51-39)50-41(47)43-23-14-25-44(8,26-24-43)34-17-11-10-12-18-34/h13,15-16,19-20,29-30,32-37,39-40,45,48H,9-12,14,17-18,21-28H2,1-8H3/q+1/b15-13+,20-19+,31-16+/t29-,30-,32+,33-,35+,36-,37+,39-,40-,42-,44?/m1/s1. The summed E-state index contributed by atoms with van der Waals surface area (Å²) in [6.45, 7) is 17.2. The summed E-state index contributed by atoms with van der Waals surface area (Å²) in [7, 11) is 2.36. The van der Waals surface area contributed by atoms with Gasteiger partial charge in [-0.3, -0.25) is 4.79 Å². The fourth-order valence-corrected chi connectivity index (χ4v) is 8.59. The number of hydrogen-bond donors (Lipinski definition) is 2. The topological polar surface area (TPSA) is 109 Å². The number of carbonyl (C=O) groups is 2. The number of aliphatic hydroxyl groups excluding tert-OH is 1. The summed E-state index contributed by atoms with van der Waals surface area (Å²) in [6, 6.07) is 0.673. The van der Waals surface area contributed by atoms with Crippen molar-refractivity contribution in [2.24, 2.45) is 23.7 Å². The number of hydrogen-bond acceptors (Lipinski definition) is 7. The molecule has 11 atom stereocenters. The van der Waals surface area contributed by atoms with Crippen LogP contribution in [0.4, 0.5) is 4.79 Å². The highest BCUT2D eigenvalue weighted by Crippen LogP contribution is 2.37. The predicted octanol–water partition coefficient (Wildman–Crippen LogP) is 7.35. The van der Waals surface area contributed by atoms with Crippen molar-refractivity contribution in [3.63, 3.8) is 0 Å². The van der Waals surface area contributed by atoms with E-state index >= 15 is 0 Å². The van der Waals surface area contributed by atoms with Gasteiger partial charge in [0.15, 0.2) is 6.10 Å². The normalized spacial score (nSPS) is 37.3. The number of esters is 1. The smallest absolute Gasteiger partial charge is 0.410 e. The Hall–Kier alpha value is -2.20. The number of quaternary nitrogens is 1. The van der Waals surface area contributed by atoms with Crippen LogP contribution >= 0.6 is 0 Å². The summed E-state index contributed by atoms with van der Waals surface area (Å²) in [5.74, 6) is -0.0501. The van der Waals surface area contributed by atoms with Gasteiger partial charge in [0.2, 0.25) is 0 Å². The molecule has 9 heteroatoms. The van der Waals surface area contributed by atoms with Gasteiger partial charge >= 0.3 is 12.1 Å². The highest BCUT2D eigenvalue weighted by Gasteiger charge is 2.45. The molecule has 2 saturated heterocycles. The third-order valence-electron chi connectivity index (χ3n) is 12.5. The second-order valence-electron chi connectivity index (χ2n) is 17.2. The maximum absolute atomic E-state index is 13.7. The fourth-order valence-electron chi connectivity index (χ4n) is 8.59. The SMILES string of the molecule is CC[C@H](O)[C@@H](C)[C@H]1O[C@@H]1C[C@H](C)/C=C/C=C(\C)[C@H]1OC(=O)C[C@H](C)CC[C@@](C)(O)[C@@H](OC(=O)N2CCC[N+](C)(C3CCCCC3)CC2)/C=C/[C@@H]1C. The van der Waals surface area contributed by atoms with Crippen molar-refractivity contribution in [2.75, 3.05) is 33.2 Å². The number of ether oxygens (including phenoxy) is 3. The third-order valence-corrected chi connectivity index (χ3v) is 12.5. The van der Waals surface area contributed by atoms with Crippen molar-refractivity contribution < 1.29 is 38.5 Å². The average Bonchev–Trinajstić information content (AvgIpc) is 3.90. The molecule has 1 saturated carbocycles. The summed E-state index contributed by atoms with van der Waals surface area (Å²) in [5.41, 5.74) is -0.379. The molecule has 3 heterocycles. The lowest BCUT2D eigenvalue weighted by Crippen LogP contribution is -2.55. The predicted molar refractivity (Wildman–Crippen MR) is 202 cm³/mol. The van der Waals surface area contributed by atoms with Gasteiger partial charge in [0.05, 0.1) is 51.0 Å². The molecule has 1 aliphatic carbocycles. The largest absolute Gasteiger partial charge is 0.457 e. The van der Waals surface area contributed by atoms with E-state index in [4.69, 9.17) is 14.2 Å². The first-order valence-corrected chi connectivity index (χ1v) is 20.2. The van der Waals surface area contributed by atoms with Crippen LogP contribution in [-0.2, 0) is 19.0 Å². The Labute approximate surface area is 309 Å². The summed E-state index contributed by atoms with van der Waals surface area (Å²) < 4.78 is 19.2. The van der Waals surface area contributed by atoms with Crippen LogP contribution in [0.2, 0.25) is 0 Å². The van der Waals surface area contributed by atoms with Crippen LogP contribution in [0, 0.1) is 23.7 Å². The minimum Gasteiger partial charge on any atom is -0.457 e. The van der Waals surface area contributed by atoms with Crippen LogP contribution in [0.3, 0.4) is 0 Å². The van der Waals surface area contributed by atoms with Crippen LogP contribution in [0.15, 0.2) is 36.0 Å². The van der Waals surface area contributed by atoms with Gasteiger partial charge in [-0.25, -0.2) is 4.79 Å². The molecule has 0 aromatic carbocycles. The summed E-state index contributed by atoms with van der Waals surface area (Å²) in [4.78, 5) is 28.7. The molecule has 290 valence electrons. The number of aliphatic hydroxyl groups is 2. The van der Waals surface area contributed by atoms with E-state index in [1.165, 1.54) is 32.1 Å². The van der Waals surface area contributed by atoms with Crippen molar-refractivity contribution in [3.8, 4) is 0 Å². The Balaban J connectivity index is 1.43. The minimum absolute atomic E-state index is 0.000172. The quantitative estimate of drug-likeness (QED) is 0.0801. The molecule has 9 nitrogen and oxygen atoms in total. The molecule has 4 aliphatic rings. The Bertz CT molecular complexity index is 1230. The lowest BCUT2D eigenvalue weighted by atomic mass is 9.87. The fraction of sp³-hybridized carbons (Fsp3) is 0.810. The maximum Gasteiger partial charge on any atom is 0.410 e. The molecule has 4 rings (SSSR count). The monoisotopic (exact) mass is 716 g/mol. The number of allylic oxidation sites excluding steroid dienone is 3. The van der Waals surface area contributed by atoms with Gasteiger partial charge in [0.25, 0.3) is 0 Å². The highest BCUT2D eigenvalue weighted by molar-refractivity contribution is 5.70. The molecule has 1 amide bonds. The highest BCUT2D eigenvalue weighted by atomic mass is 16.6. The van der Waals surface area contributed by atoms with Gasteiger partial charge in [0, 0.05) is 31.2 Å². The van der Waals surface area contributed by atoms with Gasteiger partial charge in [-0.1, -0.05) is 65.3 Å². The van der Waals surface area contributed by atoms with Gasteiger partial charge in [-0.2, -0.15) is 0 Å².